The lowest BCUT2D eigenvalue weighted by Crippen LogP contribution is -2.27. The molecule has 148 valence electrons. The highest BCUT2D eigenvalue weighted by atomic mass is 19.2. The molecule has 3 nitrogen and oxygen atoms in total. The molecular formula is C22H30F2N2O. The lowest BCUT2D eigenvalue weighted by molar-refractivity contribution is 0.127. The third-order valence-corrected chi connectivity index (χ3v) is 6.41. The highest BCUT2D eigenvalue weighted by molar-refractivity contribution is 5.67. The van der Waals surface area contributed by atoms with Crippen LogP contribution >= 0.6 is 0 Å². The molecule has 1 aromatic rings. The topological polar surface area (TPSA) is 59.1 Å². The molecule has 0 heterocycles. The van der Waals surface area contributed by atoms with Crippen LogP contribution in [0.5, 0.6) is 5.75 Å². The molecule has 2 fully saturated rings. The number of hydrogen-bond acceptors (Lipinski definition) is 3. The van der Waals surface area contributed by atoms with E-state index in [0.29, 0.717) is 18.4 Å². The summed E-state index contributed by atoms with van der Waals surface area (Å²) in [5.74, 6) is 0.607. The number of anilines is 1. The molecule has 0 spiro atoms. The first kappa shape index (κ1) is 19.8. The predicted octanol–water partition coefficient (Wildman–Crippen LogP) is 5.74. The fourth-order valence-electron chi connectivity index (χ4n) is 4.71. The highest BCUT2D eigenvalue weighted by Gasteiger charge is 2.30. The van der Waals surface area contributed by atoms with E-state index in [2.05, 4.69) is 6.08 Å². The SMILES string of the molecule is N=C/C=C/C1CCC(C2CCC(COc3ccc(N)c(F)c3F)CC2)CC1. The Hall–Kier alpha value is -1.91. The summed E-state index contributed by atoms with van der Waals surface area (Å²) in [4.78, 5) is 0. The number of nitrogen functional groups attached to an aromatic ring is 1. The van der Waals surface area contributed by atoms with E-state index in [1.54, 1.807) is 0 Å². The molecule has 2 aliphatic rings. The Labute approximate surface area is 160 Å². The summed E-state index contributed by atoms with van der Waals surface area (Å²) in [6.07, 6.45) is 15.0. The maximum absolute atomic E-state index is 13.8. The quantitative estimate of drug-likeness (QED) is 0.491. The largest absolute Gasteiger partial charge is 0.490 e. The third-order valence-electron chi connectivity index (χ3n) is 6.41. The van der Waals surface area contributed by atoms with Gasteiger partial charge in [0.2, 0.25) is 5.82 Å². The fourth-order valence-corrected chi connectivity index (χ4v) is 4.71. The average molecular weight is 376 g/mol. The van der Waals surface area contributed by atoms with Gasteiger partial charge in [0.1, 0.15) is 0 Å². The summed E-state index contributed by atoms with van der Waals surface area (Å²) in [5.41, 5.74) is 5.17. The summed E-state index contributed by atoms with van der Waals surface area (Å²) in [6.45, 7) is 0.439. The Balaban J connectivity index is 1.41. The van der Waals surface area contributed by atoms with Gasteiger partial charge < -0.3 is 15.9 Å². The number of benzene rings is 1. The molecule has 2 aliphatic carbocycles. The van der Waals surface area contributed by atoms with E-state index in [-0.39, 0.29) is 11.4 Å². The van der Waals surface area contributed by atoms with Crippen LogP contribution in [0.4, 0.5) is 14.5 Å². The third kappa shape index (κ3) is 5.08. The number of nitrogens with one attached hydrogen (secondary N) is 1. The second-order valence-corrected chi connectivity index (χ2v) is 8.10. The van der Waals surface area contributed by atoms with Crippen molar-refractivity contribution >= 4 is 11.9 Å². The maximum atomic E-state index is 13.8. The van der Waals surface area contributed by atoms with E-state index in [1.165, 1.54) is 56.9 Å². The van der Waals surface area contributed by atoms with Gasteiger partial charge >= 0.3 is 0 Å². The Morgan fingerprint density at radius 1 is 0.963 bits per heavy atom. The zero-order valence-electron chi connectivity index (χ0n) is 15.8. The van der Waals surface area contributed by atoms with Crippen LogP contribution in [0, 0.1) is 40.7 Å². The Morgan fingerprint density at radius 2 is 1.59 bits per heavy atom. The molecular weight excluding hydrogens is 346 g/mol. The Kier molecular flexibility index (Phi) is 6.86. The number of ether oxygens (including phenoxy) is 1. The van der Waals surface area contributed by atoms with Gasteiger partial charge in [0.25, 0.3) is 0 Å². The van der Waals surface area contributed by atoms with Crippen LogP contribution in [0.25, 0.3) is 0 Å². The van der Waals surface area contributed by atoms with Gasteiger partial charge in [0, 0.05) is 6.21 Å². The number of hydrogen-bond donors (Lipinski definition) is 2. The van der Waals surface area contributed by atoms with Crippen LogP contribution in [0.3, 0.4) is 0 Å². The molecule has 0 bridgehead atoms. The molecule has 2 saturated carbocycles. The van der Waals surface area contributed by atoms with Gasteiger partial charge in [-0.3, -0.25) is 0 Å². The van der Waals surface area contributed by atoms with Gasteiger partial charge in [0.15, 0.2) is 11.6 Å². The van der Waals surface area contributed by atoms with Crippen molar-refractivity contribution in [3.05, 3.63) is 35.9 Å². The van der Waals surface area contributed by atoms with Crippen molar-refractivity contribution in [1.82, 2.24) is 0 Å². The van der Waals surface area contributed by atoms with Gasteiger partial charge in [-0.2, -0.15) is 4.39 Å². The smallest absolute Gasteiger partial charge is 0.202 e. The van der Waals surface area contributed by atoms with Crippen molar-refractivity contribution in [2.45, 2.75) is 51.4 Å². The van der Waals surface area contributed by atoms with E-state index in [0.717, 1.165) is 24.7 Å². The molecule has 1 aromatic carbocycles. The monoisotopic (exact) mass is 376 g/mol. The van der Waals surface area contributed by atoms with Gasteiger partial charge in [-0.25, -0.2) is 4.39 Å². The minimum atomic E-state index is -1.03. The molecule has 0 aliphatic heterocycles. The van der Waals surface area contributed by atoms with Crippen molar-refractivity contribution in [2.75, 3.05) is 12.3 Å². The van der Waals surface area contributed by atoms with Gasteiger partial charge in [0.05, 0.1) is 12.3 Å². The minimum Gasteiger partial charge on any atom is -0.490 e. The van der Waals surface area contributed by atoms with Gasteiger partial charge in [-0.15, -0.1) is 0 Å². The van der Waals surface area contributed by atoms with Crippen molar-refractivity contribution in [2.24, 2.45) is 23.7 Å². The van der Waals surface area contributed by atoms with Crippen LogP contribution in [0.1, 0.15) is 51.4 Å². The second-order valence-electron chi connectivity index (χ2n) is 8.10. The van der Waals surface area contributed by atoms with Crippen molar-refractivity contribution < 1.29 is 13.5 Å². The molecule has 3 rings (SSSR count). The van der Waals surface area contributed by atoms with Crippen LogP contribution in [0.15, 0.2) is 24.3 Å². The second kappa shape index (κ2) is 9.34. The molecule has 3 N–H and O–H groups in total. The predicted molar refractivity (Wildman–Crippen MR) is 105 cm³/mol. The first-order valence-electron chi connectivity index (χ1n) is 10.1. The lowest BCUT2D eigenvalue weighted by Gasteiger charge is -2.37. The molecule has 0 unspecified atom stereocenters. The van der Waals surface area contributed by atoms with Crippen LogP contribution < -0.4 is 10.5 Å². The standard InChI is InChI=1S/C22H30F2N2O/c23-21-19(26)11-12-20(22(21)24)27-14-16-5-9-18(10-6-16)17-7-3-15(4-8-17)2-1-13-25/h1-2,11-13,15-18,25H,3-10,14,26H2/b2-1+,25-13?. The van der Waals surface area contributed by atoms with Crippen molar-refractivity contribution in [3.63, 3.8) is 0 Å². The lowest BCUT2D eigenvalue weighted by atomic mass is 9.69. The summed E-state index contributed by atoms with van der Waals surface area (Å²) < 4.78 is 32.9. The number of halogens is 2. The van der Waals surface area contributed by atoms with Crippen LogP contribution in [-0.2, 0) is 0 Å². The van der Waals surface area contributed by atoms with Crippen LogP contribution in [0.2, 0.25) is 0 Å². The molecule has 5 heteroatoms. The Bertz CT molecular complexity index is 661. The first-order valence-corrected chi connectivity index (χ1v) is 10.1. The Morgan fingerprint density at radius 3 is 2.22 bits per heavy atom. The van der Waals surface area contributed by atoms with E-state index in [9.17, 15) is 8.78 Å². The molecule has 0 atom stereocenters. The van der Waals surface area contributed by atoms with E-state index >= 15 is 0 Å². The maximum Gasteiger partial charge on any atom is 0.202 e. The van der Waals surface area contributed by atoms with Gasteiger partial charge in [-0.05, 0) is 93.2 Å². The number of nitrogens with two attached hydrogens (primary N) is 1. The average Bonchev–Trinajstić information content (AvgIpc) is 2.71. The highest BCUT2D eigenvalue weighted by Crippen LogP contribution is 2.41. The van der Waals surface area contributed by atoms with Gasteiger partial charge in [-0.1, -0.05) is 6.08 Å². The van der Waals surface area contributed by atoms with E-state index in [1.807, 2.05) is 6.08 Å². The molecule has 0 amide bonds. The summed E-state index contributed by atoms with van der Waals surface area (Å²) >= 11 is 0. The molecule has 27 heavy (non-hydrogen) atoms. The summed E-state index contributed by atoms with van der Waals surface area (Å²) in [5, 5.41) is 7.09. The van der Waals surface area contributed by atoms with Crippen LogP contribution in [-0.4, -0.2) is 12.8 Å². The zero-order chi connectivity index (χ0) is 19.2. The molecule has 0 radical (unpaired) electrons. The number of allylic oxidation sites excluding steroid dienone is 2. The van der Waals surface area contributed by atoms with Crippen molar-refractivity contribution in [1.29, 1.82) is 5.41 Å². The van der Waals surface area contributed by atoms with Crippen molar-refractivity contribution in [3.8, 4) is 5.75 Å². The summed E-state index contributed by atoms with van der Waals surface area (Å²) in [6, 6.07) is 2.75. The van der Waals surface area contributed by atoms with E-state index < -0.39 is 11.6 Å². The first-order chi connectivity index (χ1) is 13.1. The number of rotatable bonds is 6. The minimum absolute atomic E-state index is 0.0416. The molecule has 0 saturated heterocycles. The van der Waals surface area contributed by atoms with E-state index in [4.69, 9.17) is 15.9 Å². The zero-order valence-corrected chi connectivity index (χ0v) is 15.8. The fraction of sp³-hybridized carbons (Fsp3) is 0.591. The molecule has 0 aromatic heterocycles. The summed E-state index contributed by atoms with van der Waals surface area (Å²) in [7, 11) is 0. The normalized spacial score (nSPS) is 29.0.